The molecule has 0 spiro atoms. The van der Waals surface area contributed by atoms with Crippen molar-refractivity contribution in [1.29, 1.82) is 0 Å². The van der Waals surface area contributed by atoms with Gasteiger partial charge in [-0.15, -0.1) is 11.3 Å². The third kappa shape index (κ3) is 3.52. The van der Waals surface area contributed by atoms with Crippen molar-refractivity contribution in [1.82, 2.24) is 0 Å². The van der Waals surface area contributed by atoms with Gasteiger partial charge in [0, 0.05) is 25.9 Å². The van der Waals surface area contributed by atoms with Crippen molar-refractivity contribution in [3.63, 3.8) is 0 Å². The summed E-state index contributed by atoms with van der Waals surface area (Å²) >= 11 is 9.70. The number of rotatable bonds is 4. The van der Waals surface area contributed by atoms with Crippen LogP contribution in [0.1, 0.15) is 26.4 Å². The zero-order valence-corrected chi connectivity index (χ0v) is 17.8. The topological polar surface area (TPSA) is 61.6 Å². The van der Waals surface area contributed by atoms with E-state index in [-0.39, 0.29) is 5.78 Å². The Kier molecular flexibility index (Phi) is 5.26. The lowest BCUT2D eigenvalue weighted by molar-refractivity contribution is -0.127. The summed E-state index contributed by atoms with van der Waals surface area (Å²) in [6.07, 6.45) is 0. The highest BCUT2D eigenvalue weighted by molar-refractivity contribution is 14.1. The number of hydrogen-bond donors (Lipinski definition) is 1. The molecule has 2 heterocycles. The van der Waals surface area contributed by atoms with Crippen molar-refractivity contribution < 1.29 is 14.3 Å². The number of hydrogen-bond acceptors (Lipinski definition) is 5. The van der Waals surface area contributed by atoms with Crippen LogP contribution in [0, 0.1) is 3.57 Å². The number of anilines is 1. The Morgan fingerprint density at radius 2 is 1.89 bits per heavy atom. The van der Waals surface area contributed by atoms with E-state index in [9.17, 15) is 4.79 Å². The molecule has 0 aliphatic carbocycles. The summed E-state index contributed by atoms with van der Waals surface area (Å²) in [4.78, 5) is 13.9. The fourth-order valence-corrected chi connectivity index (χ4v) is 4.81. The van der Waals surface area contributed by atoms with Crippen molar-refractivity contribution >= 4 is 57.0 Å². The molecule has 0 saturated carbocycles. The van der Waals surface area contributed by atoms with Gasteiger partial charge in [-0.2, -0.15) is 0 Å². The highest BCUT2D eigenvalue weighted by Gasteiger charge is 2.42. The normalized spacial score (nSPS) is 15.8. The van der Waals surface area contributed by atoms with Crippen LogP contribution in [0.3, 0.4) is 0 Å². The molecule has 1 saturated heterocycles. The third-order valence-electron chi connectivity index (χ3n) is 4.36. The van der Waals surface area contributed by atoms with Gasteiger partial charge >= 0.3 is 0 Å². The molecule has 4 nitrogen and oxygen atoms in total. The third-order valence-corrected chi connectivity index (χ3v) is 6.34. The molecule has 1 aromatic heterocycles. The lowest BCUT2D eigenvalue weighted by Crippen LogP contribution is -2.28. The molecule has 138 valence electrons. The van der Waals surface area contributed by atoms with Gasteiger partial charge in [-0.25, -0.2) is 0 Å². The van der Waals surface area contributed by atoms with Crippen molar-refractivity contribution in [2.45, 2.75) is 5.79 Å². The SMILES string of the molecule is Nc1ccc(C2(c3ccc(Cl)s3)OCCO2)cc1C(=O)c1cccc(I)c1. The molecule has 0 bridgehead atoms. The lowest BCUT2D eigenvalue weighted by atomic mass is 9.95. The lowest BCUT2D eigenvalue weighted by Gasteiger charge is -2.27. The molecule has 27 heavy (non-hydrogen) atoms. The first kappa shape index (κ1) is 18.9. The average molecular weight is 512 g/mol. The molecule has 4 rings (SSSR count). The molecule has 0 radical (unpaired) electrons. The zero-order valence-electron chi connectivity index (χ0n) is 14.1. The highest BCUT2D eigenvalue weighted by atomic mass is 127. The van der Waals surface area contributed by atoms with Crippen molar-refractivity contribution in [3.8, 4) is 0 Å². The first-order valence-corrected chi connectivity index (χ1v) is 10.5. The van der Waals surface area contributed by atoms with Crippen LogP contribution >= 0.6 is 45.5 Å². The van der Waals surface area contributed by atoms with E-state index in [2.05, 4.69) is 22.6 Å². The number of halogens is 2. The fraction of sp³-hybridized carbons (Fsp3) is 0.150. The molecule has 2 N–H and O–H groups in total. The summed E-state index contributed by atoms with van der Waals surface area (Å²) in [7, 11) is 0. The molecule has 0 atom stereocenters. The first-order valence-electron chi connectivity index (χ1n) is 8.23. The molecular formula is C20H15ClINO3S. The Morgan fingerprint density at radius 3 is 2.56 bits per heavy atom. The summed E-state index contributed by atoms with van der Waals surface area (Å²) in [6, 6.07) is 16.4. The van der Waals surface area contributed by atoms with Gasteiger partial charge in [0.1, 0.15) is 0 Å². The summed E-state index contributed by atoms with van der Waals surface area (Å²) in [6.45, 7) is 0.917. The number of carbonyl (C=O) groups excluding carboxylic acids is 1. The smallest absolute Gasteiger partial charge is 0.232 e. The van der Waals surface area contributed by atoms with Gasteiger partial charge in [0.2, 0.25) is 5.79 Å². The number of benzene rings is 2. The van der Waals surface area contributed by atoms with Gasteiger partial charge in [0.25, 0.3) is 0 Å². The number of nitrogen functional groups attached to an aromatic ring is 1. The van der Waals surface area contributed by atoms with Crippen LogP contribution in [-0.4, -0.2) is 19.0 Å². The zero-order chi connectivity index (χ0) is 19.0. The second kappa shape index (κ2) is 7.52. The first-order chi connectivity index (χ1) is 13.0. The molecule has 0 amide bonds. The maximum atomic E-state index is 13.0. The van der Waals surface area contributed by atoms with Crippen LogP contribution in [-0.2, 0) is 15.3 Å². The predicted molar refractivity (Wildman–Crippen MR) is 115 cm³/mol. The Morgan fingerprint density at radius 1 is 1.11 bits per heavy atom. The summed E-state index contributed by atoms with van der Waals surface area (Å²) in [5, 5.41) is 0. The van der Waals surface area contributed by atoms with E-state index >= 15 is 0 Å². The fourth-order valence-electron chi connectivity index (χ4n) is 3.10. The number of nitrogens with two attached hydrogens (primary N) is 1. The van der Waals surface area contributed by atoms with E-state index in [0.717, 1.165) is 14.0 Å². The van der Waals surface area contributed by atoms with Gasteiger partial charge in [0.15, 0.2) is 5.78 Å². The van der Waals surface area contributed by atoms with E-state index in [1.54, 1.807) is 18.2 Å². The standard InChI is InChI=1S/C20H15ClINO3S/c21-18-7-6-17(27-18)20(25-8-9-26-20)13-4-5-16(23)15(11-13)19(24)12-2-1-3-14(22)10-12/h1-7,10-11H,8-9,23H2. The Balaban J connectivity index is 1.81. The van der Waals surface area contributed by atoms with E-state index in [1.165, 1.54) is 11.3 Å². The van der Waals surface area contributed by atoms with Crippen LogP contribution in [0.15, 0.2) is 54.6 Å². The van der Waals surface area contributed by atoms with Crippen LogP contribution in [0.5, 0.6) is 0 Å². The summed E-state index contributed by atoms with van der Waals surface area (Å²) in [5.74, 6) is -1.20. The molecule has 3 aromatic rings. The second-order valence-electron chi connectivity index (χ2n) is 6.06. The van der Waals surface area contributed by atoms with E-state index < -0.39 is 5.79 Å². The van der Waals surface area contributed by atoms with E-state index in [4.69, 9.17) is 26.8 Å². The minimum atomic E-state index is -1.06. The van der Waals surface area contributed by atoms with Gasteiger partial charge in [-0.3, -0.25) is 4.79 Å². The molecule has 1 aliphatic heterocycles. The molecular weight excluding hydrogens is 497 g/mol. The Hall–Kier alpha value is -1.45. The van der Waals surface area contributed by atoms with Crippen LogP contribution in [0.25, 0.3) is 0 Å². The molecule has 1 fully saturated rings. The summed E-state index contributed by atoms with van der Waals surface area (Å²) in [5.41, 5.74) is 8.28. The number of ether oxygens (including phenoxy) is 2. The quantitative estimate of drug-likeness (QED) is 0.302. The maximum absolute atomic E-state index is 13.0. The number of thiophene rings is 1. The largest absolute Gasteiger partial charge is 0.398 e. The van der Waals surface area contributed by atoms with Gasteiger partial charge in [-0.1, -0.05) is 29.8 Å². The monoisotopic (exact) mass is 511 g/mol. The van der Waals surface area contributed by atoms with Crippen LogP contribution in [0.2, 0.25) is 4.34 Å². The van der Waals surface area contributed by atoms with E-state index in [0.29, 0.717) is 34.4 Å². The Bertz CT molecular complexity index is 1010. The minimum absolute atomic E-state index is 0.134. The van der Waals surface area contributed by atoms with Gasteiger partial charge in [0.05, 0.1) is 22.4 Å². The predicted octanol–water partition coefficient (Wildman–Crippen LogP) is 5.07. The molecule has 1 aliphatic rings. The number of carbonyl (C=O) groups is 1. The van der Waals surface area contributed by atoms with Crippen LogP contribution in [0.4, 0.5) is 5.69 Å². The number of ketones is 1. The second-order valence-corrected chi connectivity index (χ2v) is 9.02. The molecule has 2 aromatic carbocycles. The molecule has 0 unspecified atom stereocenters. The van der Waals surface area contributed by atoms with Crippen LogP contribution < -0.4 is 5.73 Å². The van der Waals surface area contributed by atoms with Crippen molar-refractivity contribution in [3.05, 3.63) is 84.1 Å². The average Bonchev–Trinajstić information content (AvgIpc) is 3.31. The maximum Gasteiger partial charge on any atom is 0.232 e. The Labute approximate surface area is 179 Å². The minimum Gasteiger partial charge on any atom is -0.398 e. The van der Waals surface area contributed by atoms with Crippen molar-refractivity contribution in [2.75, 3.05) is 18.9 Å². The van der Waals surface area contributed by atoms with Gasteiger partial charge in [-0.05, 0) is 59.0 Å². The highest BCUT2D eigenvalue weighted by Crippen LogP contribution is 2.43. The van der Waals surface area contributed by atoms with Gasteiger partial charge < -0.3 is 15.2 Å². The summed E-state index contributed by atoms with van der Waals surface area (Å²) < 4.78 is 13.6. The molecule has 7 heteroatoms. The van der Waals surface area contributed by atoms with E-state index in [1.807, 2.05) is 36.4 Å². The van der Waals surface area contributed by atoms with Crippen molar-refractivity contribution in [2.24, 2.45) is 0 Å².